The molecule has 0 unspecified atom stereocenters. The van der Waals surface area contributed by atoms with Crippen molar-refractivity contribution in [2.45, 2.75) is 0 Å². The fourth-order valence-electron chi connectivity index (χ4n) is 0. The third kappa shape index (κ3) is 2770. The Labute approximate surface area is 122 Å². The molecule has 0 aromatic rings. The second-order valence-corrected chi connectivity index (χ2v) is 5.54. The summed E-state index contributed by atoms with van der Waals surface area (Å²) in [4.78, 5) is 0. The standard InChI is InChI=1S/3Cr.2Cu.6H2O.6O/h;;;;;6*1H2;;;;;;/q3*+2;;;;;;;;;;;;;;/p-6. The quantitative estimate of drug-likeness (QED) is 0.182. The van der Waals surface area contributed by atoms with Crippen molar-refractivity contribution >= 4 is 0 Å². The van der Waals surface area contributed by atoms with Gasteiger partial charge in [-0.3, -0.25) is 0 Å². The Hall–Kier alpha value is 1.20. The van der Waals surface area contributed by atoms with Crippen LogP contribution >= 0.6 is 0 Å². The predicted molar refractivity (Wildman–Crippen MR) is 17.4 cm³/mol. The van der Waals surface area contributed by atoms with Crippen LogP contribution in [0.25, 0.3) is 0 Å². The van der Waals surface area contributed by atoms with Crippen molar-refractivity contribution in [3.63, 3.8) is 0 Å². The molecule has 12 nitrogen and oxygen atoms in total. The van der Waals surface area contributed by atoms with Crippen LogP contribution in [0.3, 0.4) is 0 Å². The summed E-state index contributed by atoms with van der Waals surface area (Å²) in [7, 11) is 0. The van der Waals surface area contributed by atoms with Crippen LogP contribution in [0.5, 0.6) is 0 Å². The molecule has 0 aromatic carbocycles. The first-order valence-corrected chi connectivity index (χ1v) is 8.64. The van der Waals surface area contributed by atoms with Crippen molar-refractivity contribution in [1.29, 1.82) is 0 Å². The van der Waals surface area contributed by atoms with E-state index in [4.69, 9.17) is 47.8 Å². The fourth-order valence-corrected chi connectivity index (χ4v) is 0. The van der Waals surface area contributed by atoms with Crippen LogP contribution in [0.4, 0.5) is 0 Å². The van der Waals surface area contributed by atoms with E-state index < -0.39 is 40.8 Å². The molecule has 2 radical (unpaired) electrons. The van der Waals surface area contributed by atoms with Crippen molar-refractivity contribution in [1.82, 2.24) is 0 Å². The van der Waals surface area contributed by atoms with Gasteiger partial charge in [0.15, 0.2) is 0 Å². The van der Waals surface area contributed by atoms with Crippen molar-refractivity contribution in [2.75, 3.05) is 0 Å². The molecule has 17 heteroatoms. The number of rotatable bonds is 0. The predicted octanol–water partition coefficient (Wildman–Crippen LogP) is -4.07. The van der Waals surface area contributed by atoms with Crippen LogP contribution in [0, 0.1) is 0 Å². The van der Waals surface area contributed by atoms with Gasteiger partial charge in [0.05, 0.1) is 0 Å². The molecule has 0 saturated carbocycles. The molecule has 0 saturated heterocycles. The Morgan fingerprint density at radius 3 is 0.412 bits per heavy atom. The third-order valence-electron chi connectivity index (χ3n) is 0. The zero-order chi connectivity index (χ0) is 13.5. The van der Waals surface area contributed by atoms with E-state index in [9.17, 15) is 0 Å². The van der Waals surface area contributed by atoms with Crippen LogP contribution in [0.15, 0.2) is 0 Å². The Morgan fingerprint density at radius 2 is 0.412 bits per heavy atom. The SMILES string of the molecule is [Cu].[Cu].[O]=[Cr](=[O])([OH])[OH].[O]=[Cr](=[O])([OH])[OH].[O]=[Cr](=[O])([OH])[OH]. The molecule has 0 aliphatic carbocycles. The van der Waals surface area contributed by atoms with Gasteiger partial charge in [-0.05, 0) is 0 Å². The van der Waals surface area contributed by atoms with Gasteiger partial charge in [-0.1, -0.05) is 0 Å². The summed E-state index contributed by atoms with van der Waals surface area (Å²) < 4.78 is 95.6. The summed E-state index contributed by atoms with van der Waals surface area (Å²) in [6.07, 6.45) is 0. The van der Waals surface area contributed by atoms with Gasteiger partial charge >= 0.3 is 88.6 Å². The maximum absolute atomic E-state index is 8.82. The van der Waals surface area contributed by atoms with Gasteiger partial charge in [-0.15, -0.1) is 0 Å². The Morgan fingerprint density at radius 1 is 0.412 bits per heavy atom. The van der Waals surface area contributed by atoms with Gasteiger partial charge in [0.2, 0.25) is 0 Å². The second kappa shape index (κ2) is 12.2. The van der Waals surface area contributed by atoms with Gasteiger partial charge < -0.3 is 0 Å². The van der Waals surface area contributed by atoms with Gasteiger partial charge in [0.25, 0.3) is 0 Å². The molecule has 6 N–H and O–H groups in total. The van der Waals surface area contributed by atoms with Crippen molar-refractivity contribution in [3.8, 4) is 0 Å². The van der Waals surface area contributed by atoms with Crippen LogP contribution in [-0.2, 0) is 97.8 Å². The number of hydrogen-bond acceptors (Lipinski definition) is 6. The molecular formula is H6Cr3Cu2O12. The molecule has 0 spiro atoms. The molecule has 0 heterocycles. The summed E-state index contributed by atoms with van der Waals surface area (Å²) in [6.45, 7) is 0. The molecule has 0 bridgehead atoms. The first kappa shape index (κ1) is 30.9. The van der Waals surface area contributed by atoms with E-state index in [2.05, 4.69) is 0 Å². The monoisotopic (exact) mass is 480 g/mol. The molecule has 0 aromatic heterocycles. The summed E-state index contributed by atoms with van der Waals surface area (Å²) in [5.41, 5.74) is 0. The van der Waals surface area contributed by atoms with E-state index in [1.807, 2.05) is 0 Å². The number of hydrogen-bond donors (Lipinski definition) is 6. The van der Waals surface area contributed by atoms with E-state index in [0.717, 1.165) is 0 Å². The molecular weight excluding hydrogens is 475 g/mol. The zero-order valence-corrected chi connectivity index (χ0v) is 12.7. The van der Waals surface area contributed by atoms with Crippen LogP contribution in [0.2, 0.25) is 0 Å². The molecule has 0 rings (SSSR count). The van der Waals surface area contributed by atoms with E-state index >= 15 is 0 Å². The topological polar surface area (TPSA) is 224 Å². The van der Waals surface area contributed by atoms with Crippen LogP contribution in [0.1, 0.15) is 0 Å². The normalized spacial score (nSPS) is 10.2. The minimum atomic E-state index is -5.25. The molecule has 118 valence electrons. The van der Waals surface area contributed by atoms with Gasteiger partial charge in [0.1, 0.15) is 0 Å². The van der Waals surface area contributed by atoms with E-state index in [0.29, 0.717) is 0 Å². The van der Waals surface area contributed by atoms with E-state index in [1.54, 1.807) is 0 Å². The minimum absolute atomic E-state index is 0. The average molecular weight is 481 g/mol. The van der Waals surface area contributed by atoms with Crippen molar-refractivity contribution in [3.05, 3.63) is 0 Å². The first-order valence-electron chi connectivity index (χ1n) is 2.10. The Kier molecular flexibility index (Phi) is 22.3. The van der Waals surface area contributed by atoms with Crippen LogP contribution < -0.4 is 0 Å². The molecule has 0 atom stereocenters. The summed E-state index contributed by atoms with van der Waals surface area (Å²) in [5.74, 6) is 0. The van der Waals surface area contributed by atoms with E-state index in [-0.39, 0.29) is 34.1 Å². The first-order chi connectivity index (χ1) is 6.00. The molecule has 17 heavy (non-hydrogen) atoms. The maximum atomic E-state index is 8.82. The fraction of sp³-hybridized carbons (Fsp3) is 0. The van der Waals surface area contributed by atoms with Gasteiger partial charge in [-0.25, -0.2) is 0 Å². The molecule has 0 aliphatic rings. The van der Waals surface area contributed by atoms with Crippen molar-refractivity contribution < 1.29 is 123 Å². The molecule has 0 amide bonds. The summed E-state index contributed by atoms with van der Waals surface area (Å²) >= 11 is -15.8. The van der Waals surface area contributed by atoms with Crippen molar-refractivity contribution in [2.24, 2.45) is 0 Å². The van der Waals surface area contributed by atoms with Gasteiger partial charge in [0, 0.05) is 34.1 Å². The average Bonchev–Trinajstić information content (AvgIpc) is 1.41. The second-order valence-electron chi connectivity index (χ2n) is 1.34. The summed E-state index contributed by atoms with van der Waals surface area (Å²) in [6, 6.07) is 0. The summed E-state index contributed by atoms with van der Waals surface area (Å²) in [5, 5.41) is 0. The zero-order valence-electron chi connectivity index (χ0n) is 6.96. The van der Waals surface area contributed by atoms with Gasteiger partial charge in [-0.2, -0.15) is 0 Å². The van der Waals surface area contributed by atoms with E-state index in [1.165, 1.54) is 0 Å². The van der Waals surface area contributed by atoms with Crippen LogP contribution in [-0.4, -0.2) is 24.9 Å². The molecule has 0 aliphatic heterocycles. The molecule has 0 fully saturated rings. The third-order valence-corrected chi connectivity index (χ3v) is 0. The Balaban J connectivity index is -0.0000000400. The Bertz CT molecular complexity index is 341.